The molecule has 1 aliphatic carbocycles. The molecule has 0 heterocycles. The minimum Gasteiger partial charge on any atom is -0.481 e. The number of hydrogen-bond donors (Lipinski definition) is 2. The van der Waals surface area contributed by atoms with E-state index in [0.717, 1.165) is 25.2 Å². The maximum atomic E-state index is 13.8. The molecular weight excluding hydrogens is 514 g/mol. The molecule has 1 aliphatic rings. The fraction of sp³-hybridized carbons (Fsp3) is 0.333. The molecule has 0 radical (unpaired) electrons. The largest absolute Gasteiger partial charge is 0.481 e. The van der Waals surface area contributed by atoms with Crippen molar-refractivity contribution in [3.8, 4) is 0 Å². The van der Waals surface area contributed by atoms with Gasteiger partial charge in [0.1, 0.15) is 0 Å². The minimum absolute atomic E-state index is 0.0763. The third-order valence-electron chi connectivity index (χ3n) is 6.75. The number of carboxylic acids is 1. The standard InChI is InChI=1S/C27H24Cl2F3NO3/c1-14(27(30,31)32)25(18-5-2-15-6-8-20(28)11-19(15)10-18)26(36)33-23-12-17(7-9-22(23)29)21(13-24(34)35)16-3-4-16/h2,5-12,14,16,21,25H,3-4,13H2,1H3,(H,33,36)(H,34,35). The SMILES string of the molecule is CC(C(C(=O)Nc1cc(C(CC(=O)O)C2CC2)ccc1Cl)c1ccc2ccc(Cl)cc2c1)C(F)(F)F. The Labute approximate surface area is 216 Å². The van der Waals surface area contributed by atoms with Crippen molar-refractivity contribution in [3.63, 3.8) is 0 Å². The summed E-state index contributed by atoms with van der Waals surface area (Å²) >= 11 is 12.4. The molecule has 36 heavy (non-hydrogen) atoms. The molecule has 0 aromatic heterocycles. The van der Waals surface area contributed by atoms with Gasteiger partial charge in [0.2, 0.25) is 5.91 Å². The number of amides is 1. The quantitative estimate of drug-likeness (QED) is 0.305. The molecule has 4 rings (SSSR count). The number of carbonyl (C=O) groups excluding carboxylic acids is 1. The van der Waals surface area contributed by atoms with Crippen molar-refractivity contribution in [2.24, 2.45) is 11.8 Å². The van der Waals surface area contributed by atoms with E-state index < -0.39 is 29.9 Å². The lowest BCUT2D eigenvalue weighted by Crippen LogP contribution is -2.34. The van der Waals surface area contributed by atoms with Crippen molar-refractivity contribution < 1.29 is 27.9 Å². The number of hydrogen-bond acceptors (Lipinski definition) is 2. The summed E-state index contributed by atoms with van der Waals surface area (Å²) in [7, 11) is 0. The van der Waals surface area contributed by atoms with E-state index in [1.165, 1.54) is 12.1 Å². The Hall–Kier alpha value is -2.77. The summed E-state index contributed by atoms with van der Waals surface area (Å²) in [4.78, 5) is 24.7. The van der Waals surface area contributed by atoms with Gasteiger partial charge in [-0.2, -0.15) is 13.2 Å². The van der Waals surface area contributed by atoms with Gasteiger partial charge in [0.15, 0.2) is 0 Å². The van der Waals surface area contributed by atoms with E-state index >= 15 is 0 Å². The summed E-state index contributed by atoms with van der Waals surface area (Å²) < 4.78 is 41.5. The Kier molecular flexibility index (Phi) is 7.53. The van der Waals surface area contributed by atoms with Crippen molar-refractivity contribution in [3.05, 3.63) is 75.8 Å². The molecule has 3 unspecified atom stereocenters. The van der Waals surface area contributed by atoms with Crippen molar-refractivity contribution in [2.45, 2.75) is 44.2 Å². The number of nitrogens with one attached hydrogen (secondary N) is 1. The van der Waals surface area contributed by atoms with Crippen LogP contribution in [-0.2, 0) is 9.59 Å². The molecule has 1 fully saturated rings. The van der Waals surface area contributed by atoms with E-state index in [0.29, 0.717) is 16.0 Å². The van der Waals surface area contributed by atoms with E-state index in [1.54, 1.807) is 42.5 Å². The molecule has 9 heteroatoms. The fourth-order valence-corrected chi connectivity index (χ4v) is 4.95. The first kappa shape index (κ1) is 26.3. The van der Waals surface area contributed by atoms with Crippen LogP contribution in [0.25, 0.3) is 10.8 Å². The Balaban J connectivity index is 1.69. The maximum absolute atomic E-state index is 13.8. The maximum Gasteiger partial charge on any atom is 0.392 e. The van der Waals surface area contributed by atoms with E-state index in [1.807, 2.05) is 0 Å². The lowest BCUT2D eigenvalue weighted by Gasteiger charge is -2.26. The van der Waals surface area contributed by atoms with Crippen LogP contribution in [0.15, 0.2) is 54.6 Å². The summed E-state index contributed by atoms with van der Waals surface area (Å²) in [5, 5.41) is 13.9. The number of carboxylic acid groups (broad SMARTS) is 1. The van der Waals surface area contributed by atoms with Gasteiger partial charge in [0.05, 0.1) is 29.0 Å². The molecule has 2 N–H and O–H groups in total. The first-order valence-electron chi connectivity index (χ1n) is 11.5. The number of fused-ring (bicyclic) bond motifs is 1. The number of alkyl halides is 3. The molecule has 4 nitrogen and oxygen atoms in total. The van der Waals surface area contributed by atoms with E-state index in [4.69, 9.17) is 23.2 Å². The van der Waals surface area contributed by atoms with Crippen LogP contribution in [-0.4, -0.2) is 23.2 Å². The zero-order valence-corrected chi connectivity index (χ0v) is 20.8. The normalized spacial score (nSPS) is 16.4. The van der Waals surface area contributed by atoms with Gasteiger partial charge in [0, 0.05) is 5.02 Å². The van der Waals surface area contributed by atoms with Crippen LogP contribution in [0.4, 0.5) is 18.9 Å². The number of aliphatic carboxylic acids is 1. The number of rotatable bonds is 8. The average Bonchev–Trinajstić information content (AvgIpc) is 3.63. The summed E-state index contributed by atoms with van der Waals surface area (Å²) in [5.41, 5.74) is 1.03. The predicted molar refractivity (Wildman–Crippen MR) is 135 cm³/mol. The van der Waals surface area contributed by atoms with Crippen molar-refractivity contribution in [1.82, 2.24) is 0 Å². The van der Waals surface area contributed by atoms with Gasteiger partial charge in [-0.1, -0.05) is 60.5 Å². The Morgan fingerprint density at radius 1 is 1.00 bits per heavy atom. The molecule has 0 spiro atoms. The molecule has 0 bridgehead atoms. The lowest BCUT2D eigenvalue weighted by atomic mass is 9.84. The number of anilines is 1. The molecule has 190 valence electrons. The van der Waals surface area contributed by atoms with Gasteiger partial charge < -0.3 is 10.4 Å². The minimum atomic E-state index is -4.63. The number of carbonyl (C=O) groups is 2. The van der Waals surface area contributed by atoms with Crippen LogP contribution in [0, 0.1) is 11.8 Å². The highest BCUT2D eigenvalue weighted by molar-refractivity contribution is 6.33. The summed E-state index contributed by atoms with van der Waals surface area (Å²) in [6.45, 7) is 0.973. The van der Waals surface area contributed by atoms with Crippen molar-refractivity contribution >= 4 is 51.5 Å². The van der Waals surface area contributed by atoms with E-state index in [-0.39, 0.29) is 34.5 Å². The molecule has 0 saturated heterocycles. The van der Waals surface area contributed by atoms with Gasteiger partial charge in [0.25, 0.3) is 0 Å². The van der Waals surface area contributed by atoms with Gasteiger partial charge in [-0.05, 0) is 70.8 Å². The average molecular weight is 538 g/mol. The second-order valence-corrected chi connectivity index (χ2v) is 10.2. The predicted octanol–water partition coefficient (Wildman–Crippen LogP) is 8.04. The van der Waals surface area contributed by atoms with E-state index in [9.17, 15) is 27.9 Å². The topological polar surface area (TPSA) is 66.4 Å². The Morgan fingerprint density at radius 3 is 2.31 bits per heavy atom. The molecule has 1 amide bonds. The third-order valence-corrected chi connectivity index (χ3v) is 7.31. The lowest BCUT2D eigenvalue weighted by molar-refractivity contribution is -0.178. The van der Waals surface area contributed by atoms with E-state index in [2.05, 4.69) is 5.32 Å². The summed E-state index contributed by atoms with van der Waals surface area (Å²) in [6, 6.07) is 14.6. The summed E-state index contributed by atoms with van der Waals surface area (Å²) in [6.07, 6.45) is -2.90. The van der Waals surface area contributed by atoms with Crippen LogP contribution >= 0.6 is 23.2 Å². The first-order valence-corrected chi connectivity index (χ1v) is 12.3. The molecule has 3 aromatic carbocycles. The molecule has 0 aliphatic heterocycles. The zero-order chi connectivity index (χ0) is 26.2. The van der Waals surface area contributed by atoms with Gasteiger partial charge in [-0.3, -0.25) is 9.59 Å². The molecule has 3 atom stereocenters. The third kappa shape index (κ3) is 5.95. The second kappa shape index (κ2) is 10.3. The second-order valence-electron chi connectivity index (χ2n) is 9.33. The highest BCUT2D eigenvalue weighted by Crippen LogP contribution is 2.46. The van der Waals surface area contributed by atoms with Crippen LogP contribution in [0.5, 0.6) is 0 Å². The highest BCUT2D eigenvalue weighted by Gasteiger charge is 2.45. The van der Waals surface area contributed by atoms with Crippen LogP contribution in [0.1, 0.15) is 49.1 Å². The molecule has 3 aromatic rings. The zero-order valence-electron chi connectivity index (χ0n) is 19.3. The van der Waals surface area contributed by atoms with Crippen LogP contribution in [0.3, 0.4) is 0 Å². The van der Waals surface area contributed by atoms with Crippen LogP contribution < -0.4 is 5.32 Å². The number of halogens is 5. The molecule has 1 saturated carbocycles. The number of benzene rings is 3. The summed E-state index contributed by atoms with van der Waals surface area (Å²) in [5.74, 6) is -5.38. The first-order chi connectivity index (χ1) is 16.9. The molecular formula is C27H24Cl2F3NO3. The van der Waals surface area contributed by atoms with Gasteiger partial charge >= 0.3 is 12.1 Å². The Morgan fingerprint density at radius 2 is 1.67 bits per heavy atom. The van der Waals surface area contributed by atoms with Gasteiger partial charge in [-0.15, -0.1) is 0 Å². The van der Waals surface area contributed by atoms with Crippen molar-refractivity contribution in [2.75, 3.05) is 5.32 Å². The Bertz CT molecular complexity index is 1310. The fourth-order valence-electron chi connectivity index (χ4n) is 4.61. The smallest absolute Gasteiger partial charge is 0.392 e. The van der Waals surface area contributed by atoms with Gasteiger partial charge in [-0.25, -0.2) is 0 Å². The van der Waals surface area contributed by atoms with Crippen molar-refractivity contribution in [1.29, 1.82) is 0 Å². The monoisotopic (exact) mass is 537 g/mol. The van der Waals surface area contributed by atoms with Crippen LogP contribution in [0.2, 0.25) is 10.0 Å². The highest BCUT2D eigenvalue weighted by atomic mass is 35.5.